The van der Waals surface area contributed by atoms with Crippen LogP contribution in [0.25, 0.3) is 0 Å². The number of hydrogen-bond acceptors (Lipinski definition) is 6. The molecule has 2 heterocycles. The molecule has 1 aliphatic heterocycles. The van der Waals surface area contributed by atoms with Crippen LogP contribution in [0, 0.1) is 5.41 Å². The number of nitrogens with one attached hydrogen (secondary N) is 3. The Kier molecular flexibility index (Phi) is 7.68. The minimum atomic E-state index is -3.70. The third kappa shape index (κ3) is 4.93. The van der Waals surface area contributed by atoms with Gasteiger partial charge in [0.2, 0.25) is 10.0 Å². The van der Waals surface area contributed by atoms with Crippen LogP contribution in [0.1, 0.15) is 23.3 Å². The summed E-state index contributed by atoms with van der Waals surface area (Å²) in [5.74, 6) is -0.611. The number of methoxy groups -OCH3 is 2. The van der Waals surface area contributed by atoms with E-state index < -0.39 is 16.0 Å². The van der Waals surface area contributed by atoms with E-state index in [9.17, 15) is 13.2 Å². The fraction of sp³-hybridized carbons (Fsp3) is 0.643. The molecule has 0 bridgehead atoms. The van der Waals surface area contributed by atoms with Gasteiger partial charge in [0.15, 0.2) is 0 Å². The number of esters is 1. The summed E-state index contributed by atoms with van der Waals surface area (Å²) < 4.78 is 37.3. The number of carbonyl (C=O) groups is 1. The molecule has 0 aliphatic carbocycles. The maximum Gasteiger partial charge on any atom is 0.354 e. The molecule has 0 spiro atoms. The summed E-state index contributed by atoms with van der Waals surface area (Å²) in [6.45, 7) is 2.46. The minimum Gasteiger partial charge on any atom is -0.464 e. The summed E-state index contributed by atoms with van der Waals surface area (Å²) in [7, 11) is -0.847. The number of aromatic nitrogens is 1. The van der Waals surface area contributed by atoms with Crippen molar-refractivity contribution in [3.8, 4) is 0 Å². The van der Waals surface area contributed by atoms with E-state index >= 15 is 0 Å². The molecule has 0 radical (unpaired) electrons. The first-order chi connectivity index (χ1) is 10.9. The lowest BCUT2D eigenvalue weighted by molar-refractivity contribution is 0.0577. The summed E-state index contributed by atoms with van der Waals surface area (Å²) in [5.41, 5.74) is -0.115. The number of ether oxygens (including phenoxy) is 2. The lowest BCUT2D eigenvalue weighted by Gasteiger charge is -2.37. The molecule has 1 aromatic heterocycles. The molecular formula is C14H24ClN3O5S. The van der Waals surface area contributed by atoms with Crippen molar-refractivity contribution in [2.45, 2.75) is 17.7 Å². The van der Waals surface area contributed by atoms with Crippen molar-refractivity contribution >= 4 is 28.4 Å². The summed E-state index contributed by atoms with van der Waals surface area (Å²) in [5, 5.41) is 3.26. The van der Waals surface area contributed by atoms with E-state index in [2.05, 4.69) is 19.8 Å². The zero-order chi connectivity index (χ0) is 16.9. The lowest BCUT2D eigenvalue weighted by Crippen LogP contribution is -2.47. The summed E-state index contributed by atoms with van der Waals surface area (Å²) in [4.78, 5) is 14.0. The number of aromatic amines is 1. The largest absolute Gasteiger partial charge is 0.464 e. The molecule has 3 N–H and O–H groups in total. The maximum atomic E-state index is 12.4. The van der Waals surface area contributed by atoms with Crippen LogP contribution in [0.5, 0.6) is 0 Å². The summed E-state index contributed by atoms with van der Waals surface area (Å²) in [6, 6.07) is 1.26. The monoisotopic (exact) mass is 381 g/mol. The Labute approximate surface area is 148 Å². The molecule has 138 valence electrons. The van der Waals surface area contributed by atoms with Gasteiger partial charge >= 0.3 is 5.97 Å². The predicted octanol–water partition coefficient (Wildman–Crippen LogP) is 0.518. The van der Waals surface area contributed by atoms with Gasteiger partial charge in [-0.2, -0.15) is 0 Å². The van der Waals surface area contributed by atoms with E-state index in [1.807, 2.05) is 0 Å². The van der Waals surface area contributed by atoms with E-state index in [1.165, 1.54) is 19.4 Å². The quantitative estimate of drug-likeness (QED) is 0.594. The fourth-order valence-electron chi connectivity index (χ4n) is 2.72. The van der Waals surface area contributed by atoms with E-state index in [-0.39, 0.29) is 28.4 Å². The lowest BCUT2D eigenvalue weighted by atomic mass is 9.80. The molecule has 24 heavy (non-hydrogen) atoms. The smallest absolute Gasteiger partial charge is 0.354 e. The van der Waals surface area contributed by atoms with Gasteiger partial charge in [0.1, 0.15) is 10.6 Å². The topological polar surface area (TPSA) is 110 Å². The van der Waals surface area contributed by atoms with Crippen LogP contribution < -0.4 is 10.0 Å². The van der Waals surface area contributed by atoms with Gasteiger partial charge < -0.3 is 19.8 Å². The van der Waals surface area contributed by atoms with Crippen LogP contribution in [-0.2, 0) is 19.5 Å². The first kappa shape index (κ1) is 20.9. The first-order valence-corrected chi connectivity index (χ1v) is 8.87. The third-order valence-corrected chi connectivity index (χ3v) is 5.50. The first-order valence-electron chi connectivity index (χ1n) is 7.38. The molecule has 10 heteroatoms. The van der Waals surface area contributed by atoms with Gasteiger partial charge in [0.05, 0.1) is 13.7 Å². The Bertz CT molecular complexity index is 635. The zero-order valence-electron chi connectivity index (χ0n) is 13.8. The van der Waals surface area contributed by atoms with Crippen LogP contribution in [0.15, 0.2) is 17.2 Å². The molecule has 2 rings (SSSR count). The van der Waals surface area contributed by atoms with Gasteiger partial charge in [-0.05, 0) is 32.0 Å². The van der Waals surface area contributed by atoms with Crippen molar-refractivity contribution in [3.63, 3.8) is 0 Å². The molecule has 1 aliphatic rings. The SMILES string of the molecule is COCC1(CNS(=O)(=O)c2c[nH]c(C(=O)OC)c2)CCNCC1.Cl. The highest BCUT2D eigenvalue weighted by Gasteiger charge is 2.33. The Hall–Kier alpha value is -1.13. The highest BCUT2D eigenvalue weighted by molar-refractivity contribution is 7.89. The minimum absolute atomic E-state index is 0. The second kappa shape index (κ2) is 8.82. The zero-order valence-corrected chi connectivity index (χ0v) is 15.4. The van der Waals surface area contributed by atoms with Gasteiger partial charge in [0, 0.05) is 25.3 Å². The second-order valence-corrected chi connectivity index (χ2v) is 7.52. The molecule has 0 saturated carbocycles. The molecule has 0 aromatic carbocycles. The Morgan fingerprint density at radius 1 is 1.33 bits per heavy atom. The Morgan fingerprint density at radius 3 is 2.58 bits per heavy atom. The molecule has 1 fully saturated rings. The molecule has 1 aromatic rings. The van der Waals surface area contributed by atoms with Crippen LogP contribution in [0.3, 0.4) is 0 Å². The number of hydrogen-bond donors (Lipinski definition) is 3. The van der Waals surface area contributed by atoms with Gasteiger partial charge in [-0.15, -0.1) is 12.4 Å². The molecule has 1 saturated heterocycles. The van der Waals surface area contributed by atoms with E-state index in [0.29, 0.717) is 13.2 Å². The van der Waals surface area contributed by atoms with Crippen LogP contribution in [0.4, 0.5) is 0 Å². The Balaban J connectivity index is 0.00000288. The van der Waals surface area contributed by atoms with Gasteiger partial charge in [0.25, 0.3) is 0 Å². The number of H-pyrrole nitrogens is 1. The normalized spacial score (nSPS) is 17.1. The van der Waals surface area contributed by atoms with E-state index in [0.717, 1.165) is 25.9 Å². The number of piperidine rings is 1. The van der Waals surface area contributed by atoms with Crippen molar-refractivity contribution in [1.82, 2.24) is 15.0 Å². The van der Waals surface area contributed by atoms with Crippen molar-refractivity contribution in [2.75, 3.05) is 40.5 Å². The van der Waals surface area contributed by atoms with Crippen molar-refractivity contribution in [2.24, 2.45) is 5.41 Å². The number of carbonyl (C=O) groups excluding carboxylic acids is 1. The van der Waals surface area contributed by atoms with Gasteiger partial charge in [-0.1, -0.05) is 0 Å². The second-order valence-electron chi connectivity index (χ2n) is 5.75. The van der Waals surface area contributed by atoms with Crippen LogP contribution >= 0.6 is 12.4 Å². The molecular weight excluding hydrogens is 358 g/mol. The van der Waals surface area contributed by atoms with Crippen molar-refractivity contribution in [3.05, 3.63) is 18.0 Å². The van der Waals surface area contributed by atoms with Crippen molar-refractivity contribution < 1.29 is 22.7 Å². The molecule has 0 amide bonds. The average molecular weight is 382 g/mol. The highest BCUT2D eigenvalue weighted by atomic mass is 35.5. The molecule has 8 nitrogen and oxygen atoms in total. The number of rotatable bonds is 7. The van der Waals surface area contributed by atoms with E-state index in [1.54, 1.807) is 7.11 Å². The summed E-state index contributed by atoms with van der Waals surface area (Å²) in [6.07, 6.45) is 2.95. The fourth-order valence-corrected chi connectivity index (χ4v) is 3.87. The maximum absolute atomic E-state index is 12.4. The predicted molar refractivity (Wildman–Crippen MR) is 91.0 cm³/mol. The third-order valence-electron chi connectivity index (χ3n) is 4.12. The summed E-state index contributed by atoms with van der Waals surface area (Å²) >= 11 is 0. The van der Waals surface area contributed by atoms with Crippen LogP contribution in [0.2, 0.25) is 0 Å². The van der Waals surface area contributed by atoms with Crippen molar-refractivity contribution in [1.29, 1.82) is 0 Å². The van der Waals surface area contributed by atoms with Gasteiger partial charge in [-0.3, -0.25) is 0 Å². The number of sulfonamides is 1. The van der Waals surface area contributed by atoms with E-state index in [4.69, 9.17) is 4.74 Å². The van der Waals surface area contributed by atoms with Gasteiger partial charge in [-0.25, -0.2) is 17.9 Å². The number of halogens is 1. The standard InChI is InChI=1S/C14H23N3O5S.ClH/c1-21-10-14(3-5-15-6-4-14)9-17-23(19,20)11-7-12(16-8-11)13(18)22-2;/h7-8,15-17H,3-6,9-10H2,1-2H3;1H. The molecule has 0 atom stereocenters. The van der Waals surface area contributed by atoms with Crippen LogP contribution in [-0.4, -0.2) is 59.8 Å². The highest BCUT2D eigenvalue weighted by Crippen LogP contribution is 2.28. The molecule has 0 unspecified atom stereocenters. The Morgan fingerprint density at radius 2 is 2.00 bits per heavy atom. The average Bonchev–Trinajstić information content (AvgIpc) is 3.05.